The normalized spacial score (nSPS) is 11.0. The van der Waals surface area contributed by atoms with Gasteiger partial charge in [-0.15, -0.1) is 0 Å². The minimum atomic E-state index is -4.97. The highest BCUT2D eigenvalue weighted by Crippen LogP contribution is 2.31. The first-order valence-electron chi connectivity index (χ1n) is 8.43. The number of aromatic carboxylic acids is 1. The summed E-state index contributed by atoms with van der Waals surface area (Å²) in [6.07, 6.45) is -4.97. The number of hydrogen-bond acceptors (Lipinski definition) is 2. The Kier molecular flexibility index (Phi) is 5.54. The Hall–Kier alpha value is -3.81. The van der Waals surface area contributed by atoms with Crippen molar-refractivity contribution in [3.8, 4) is 11.1 Å². The molecule has 3 aromatic carbocycles. The van der Waals surface area contributed by atoms with Gasteiger partial charge in [0.05, 0.1) is 16.9 Å². The second-order valence-corrected chi connectivity index (χ2v) is 6.00. The Morgan fingerprint density at radius 2 is 1.34 bits per heavy atom. The van der Waals surface area contributed by atoms with E-state index in [1.54, 1.807) is 12.1 Å². The van der Waals surface area contributed by atoms with E-state index in [4.69, 9.17) is 0 Å². The number of carboxylic acid groups (broad SMARTS) is 1. The number of carbonyl (C=O) groups excluding carboxylic acids is 1. The highest BCUT2D eigenvalue weighted by atomic mass is 19.4. The van der Waals surface area contributed by atoms with E-state index in [0.29, 0.717) is 4.90 Å². The second-order valence-electron chi connectivity index (χ2n) is 6.00. The molecule has 148 valence electrons. The highest BCUT2D eigenvalue weighted by molar-refractivity contribution is 6.06. The van der Waals surface area contributed by atoms with Crippen molar-refractivity contribution < 1.29 is 27.9 Å². The van der Waals surface area contributed by atoms with E-state index >= 15 is 0 Å². The largest absolute Gasteiger partial charge is 0.485 e. The van der Waals surface area contributed by atoms with E-state index in [-0.39, 0.29) is 16.9 Å². The summed E-state index contributed by atoms with van der Waals surface area (Å²) >= 11 is 0. The Bertz CT molecular complexity index is 1020. The van der Waals surface area contributed by atoms with Gasteiger partial charge in [0.25, 0.3) is 0 Å². The summed E-state index contributed by atoms with van der Waals surface area (Å²) in [5.74, 6) is -1.37. The van der Waals surface area contributed by atoms with Crippen LogP contribution in [0.25, 0.3) is 11.1 Å². The van der Waals surface area contributed by atoms with Crippen molar-refractivity contribution in [1.82, 2.24) is 5.32 Å². The maximum atomic E-state index is 12.8. The molecule has 3 rings (SSSR count). The number of hydrogen-bond donors (Lipinski definition) is 2. The van der Waals surface area contributed by atoms with Crippen molar-refractivity contribution in [3.05, 3.63) is 84.4 Å². The minimum absolute atomic E-state index is 0.0835. The van der Waals surface area contributed by atoms with Crippen molar-refractivity contribution in [1.29, 1.82) is 0 Å². The van der Waals surface area contributed by atoms with Gasteiger partial charge in [-0.25, -0.2) is 14.9 Å². The predicted molar refractivity (Wildman–Crippen MR) is 102 cm³/mol. The fourth-order valence-electron chi connectivity index (χ4n) is 2.83. The molecule has 0 fully saturated rings. The molecule has 0 unspecified atom stereocenters. The van der Waals surface area contributed by atoms with Crippen molar-refractivity contribution >= 4 is 23.4 Å². The molecule has 5 nitrogen and oxygen atoms in total. The van der Waals surface area contributed by atoms with Crippen molar-refractivity contribution in [2.45, 2.75) is 6.30 Å². The van der Waals surface area contributed by atoms with Crippen LogP contribution in [0.2, 0.25) is 0 Å². The van der Waals surface area contributed by atoms with Crippen LogP contribution < -0.4 is 10.2 Å². The van der Waals surface area contributed by atoms with Crippen molar-refractivity contribution in [2.24, 2.45) is 0 Å². The highest BCUT2D eigenvalue weighted by Gasteiger charge is 2.34. The maximum Gasteiger partial charge on any atom is 0.485 e. The molecule has 0 radical (unpaired) electrons. The summed E-state index contributed by atoms with van der Waals surface area (Å²) in [6, 6.07) is 19.3. The lowest BCUT2D eigenvalue weighted by atomic mass is 10.0. The first kappa shape index (κ1) is 19.9. The average Bonchev–Trinajstić information content (AvgIpc) is 2.68. The molecule has 0 aromatic heterocycles. The zero-order valence-corrected chi connectivity index (χ0v) is 14.9. The van der Waals surface area contributed by atoms with Gasteiger partial charge in [-0.2, -0.15) is 13.2 Å². The van der Waals surface area contributed by atoms with Crippen LogP contribution in [0.1, 0.15) is 10.4 Å². The molecular formula is C21H15F3N2O3. The van der Waals surface area contributed by atoms with Crippen LogP contribution in [-0.4, -0.2) is 23.4 Å². The van der Waals surface area contributed by atoms with Crippen LogP contribution >= 0.6 is 0 Å². The number of halogens is 3. The smallest absolute Gasteiger partial charge is 0.478 e. The van der Waals surface area contributed by atoms with E-state index in [2.05, 4.69) is 0 Å². The van der Waals surface area contributed by atoms with Crippen LogP contribution in [0, 0.1) is 0 Å². The molecule has 0 saturated heterocycles. The number of anilines is 2. The topological polar surface area (TPSA) is 69.6 Å². The third-order valence-electron chi connectivity index (χ3n) is 4.06. The summed E-state index contributed by atoms with van der Waals surface area (Å²) in [7, 11) is 0. The van der Waals surface area contributed by atoms with Gasteiger partial charge in [-0.05, 0) is 35.4 Å². The maximum absolute atomic E-state index is 12.8. The number of carbonyl (C=O) groups is 2. The summed E-state index contributed by atoms with van der Waals surface area (Å²) in [6.45, 7) is 0. The van der Waals surface area contributed by atoms with Gasteiger partial charge in [-0.1, -0.05) is 54.6 Å². The number of benzene rings is 3. The molecule has 0 saturated carbocycles. The van der Waals surface area contributed by atoms with Gasteiger partial charge in [0.15, 0.2) is 0 Å². The fourth-order valence-corrected chi connectivity index (χ4v) is 2.83. The first-order valence-corrected chi connectivity index (χ1v) is 8.43. The molecule has 29 heavy (non-hydrogen) atoms. The summed E-state index contributed by atoms with van der Waals surface area (Å²) in [5.41, 5.74) is 1.26. The number of rotatable bonds is 4. The van der Waals surface area contributed by atoms with E-state index in [1.165, 1.54) is 36.4 Å². The lowest BCUT2D eigenvalue weighted by molar-refractivity contribution is -0.144. The van der Waals surface area contributed by atoms with E-state index in [1.807, 2.05) is 30.3 Å². The zero-order valence-electron chi connectivity index (χ0n) is 14.9. The SMILES string of the molecule is O=C(O)c1ccccc1N(C(=O)NC(F)(F)F)c1ccc(-c2ccccc2)cc1. The molecule has 2 amide bonds. The monoisotopic (exact) mass is 400 g/mol. The number of carboxylic acids is 1. The number of nitrogens with one attached hydrogen (secondary N) is 1. The molecule has 2 N–H and O–H groups in total. The molecule has 0 atom stereocenters. The quantitative estimate of drug-likeness (QED) is 0.575. The van der Waals surface area contributed by atoms with Gasteiger partial charge < -0.3 is 5.11 Å². The molecule has 0 aliphatic heterocycles. The van der Waals surface area contributed by atoms with E-state index in [9.17, 15) is 27.9 Å². The zero-order chi connectivity index (χ0) is 21.0. The van der Waals surface area contributed by atoms with Crippen LogP contribution in [0.4, 0.5) is 29.3 Å². The molecule has 0 spiro atoms. The standard InChI is InChI=1S/C21H15F3N2O3/c22-21(23,24)25-20(29)26(18-9-5-4-8-17(18)19(27)28)16-12-10-15(11-13-16)14-6-2-1-3-7-14/h1-13H,(H,25,29)(H,27,28). The van der Waals surface area contributed by atoms with E-state index in [0.717, 1.165) is 16.4 Å². The number of urea groups is 1. The molecule has 0 aliphatic carbocycles. The van der Waals surface area contributed by atoms with Gasteiger partial charge in [0.1, 0.15) is 0 Å². The number of alkyl halides is 3. The lowest BCUT2D eigenvalue weighted by Crippen LogP contribution is -2.45. The molecule has 0 heterocycles. The van der Waals surface area contributed by atoms with Crippen LogP contribution in [-0.2, 0) is 0 Å². The molecule has 3 aromatic rings. The Labute approximate surface area is 164 Å². The Morgan fingerprint density at radius 3 is 1.93 bits per heavy atom. The van der Waals surface area contributed by atoms with Gasteiger partial charge >= 0.3 is 18.3 Å². The van der Waals surface area contributed by atoms with Crippen molar-refractivity contribution in [3.63, 3.8) is 0 Å². The molecule has 8 heteroatoms. The first-order chi connectivity index (χ1) is 13.8. The number of para-hydroxylation sites is 1. The van der Waals surface area contributed by atoms with Gasteiger partial charge in [0, 0.05) is 0 Å². The minimum Gasteiger partial charge on any atom is -0.478 e. The van der Waals surface area contributed by atoms with Crippen LogP contribution in [0.3, 0.4) is 0 Å². The van der Waals surface area contributed by atoms with E-state index < -0.39 is 18.3 Å². The third kappa shape index (κ3) is 4.73. The average molecular weight is 400 g/mol. The second kappa shape index (κ2) is 8.05. The van der Waals surface area contributed by atoms with Crippen LogP contribution in [0.5, 0.6) is 0 Å². The Morgan fingerprint density at radius 1 is 0.793 bits per heavy atom. The fraction of sp³-hybridized carbons (Fsp3) is 0.0476. The van der Waals surface area contributed by atoms with Gasteiger partial charge in [0.2, 0.25) is 0 Å². The molecule has 0 bridgehead atoms. The Balaban J connectivity index is 2.06. The van der Waals surface area contributed by atoms with Crippen LogP contribution in [0.15, 0.2) is 78.9 Å². The van der Waals surface area contributed by atoms with Gasteiger partial charge in [-0.3, -0.25) is 4.90 Å². The van der Waals surface area contributed by atoms with Crippen molar-refractivity contribution in [2.75, 3.05) is 4.90 Å². The lowest BCUT2D eigenvalue weighted by Gasteiger charge is -2.25. The number of amides is 2. The summed E-state index contributed by atoms with van der Waals surface area (Å²) in [4.78, 5) is 24.6. The summed E-state index contributed by atoms with van der Waals surface area (Å²) in [5, 5.41) is 10.3. The molecule has 0 aliphatic rings. The third-order valence-corrected chi connectivity index (χ3v) is 4.06. The predicted octanol–water partition coefficient (Wildman–Crippen LogP) is 5.42. The summed E-state index contributed by atoms with van der Waals surface area (Å²) < 4.78 is 38.3. The number of nitrogens with zero attached hydrogens (tertiary/aromatic N) is 1. The molecular weight excluding hydrogens is 385 g/mol.